The van der Waals surface area contributed by atoms with Gasteiger partial charge in [-0.2, -0.15) is 0 Å². The number of halogens is 1. The zero-order valence-corrected chi connectivity index (χ0v) is 11.5. The number of rotatable bonds is 0. The van der Waals surface area contributed by atoms with Crippen LogP contribution < -0.4 is 0 Å². The SMILES string of the molecule is C[C@@H]1CC[C@@H](Br)C2(C1)OCC(C)(C)CO2. The van der Waals surface area contributed by atoms with Gasteiger partial charge >= 0.3 is 0 Å². The average Bonchev–Trinajstić information content (AvgIpc) is 2.17. The third-order valence-electron chi connectivity index (χ3n) is 3.44. The molecule has 1 aliphatic heterocycles. The molecule has 0 amide bonds. The van der Waals surface area contributed by atoms with Crippen molar-refractivity contribution in [3.05, 3.63) is 0 Å². The van der Waals surface area contributed by atoms with Crippen LogP contribution in [0, 0.1) is 11.3 Å². The molecule has 0 aromatic carbocycles. The molecule has 0 aromatic rings. The molecule has 1 heterocycles. The standard InChI is InChI=1S/C12H21BrO2/c1-9-4-5-10(13)12(6-9)14-7-11(2,3)8-15-12/h9-10H,4-8H2,1-3H3/t9-,10-/m1/s1. The Morgan fingerprint density at radius 2 is 1.73 bits per heavy atom. The highest BCUT2D eigenvalue weighted by atomic mass is 79.9. The number of ether oxygens (including phenoxy) is 2. The Labute approximate surface area is 101 Å². The zero-order chi connectivity index (χ0) is 11.1. The van der Waals surface area contributed by atoms with Gasteiger partial charge in [-0.15, -0.1) is 0 Å². The quantitative estimate of drug-likeness (QED) is 0.632. The molecule has 2 rings (SSSR count). The van der Waals surface area contributed by atoms with Gasteiger partial charge in [0.2, 0.25) is 0 Å². The molecule has 1 saturated carbocycles. The van der Waals surface area contributed by atoms with Crippen molar-refractivity contribution in [2.75, 3.05) is 13.2 Å². The van der Waals surface area contributed by atoms with Crippen molar-refractivity contribution in [1.82, 2.24) is 0 Å². The molecule has 0 N–H and O–H groups in total. The van der Waals surface area contributed by atoms with E-state index >= 15 is 0 Å². The van der Waals surface area contributed by atoms with Crippen LogP contribution in [0.1, 0.15) is 40.0 Å². The normalized spacial score (nSPS) is 39.2. The highest BCUT2D eigenvalue weighted by Crippen LogP contribution is 2.44. The topological polar surface area (TPSA) is 18.5 Å². The second kappa shape index (κ2) is 4.01. The van der Waals surface area contributed by atoms with Gasteiger partial charge in [-0.25, -0.2) is 0 Å². The van der Waals surface area contributed by atoms with Crippen molar-refractivity contribution in [2.45, 2.75) is 50.6 Å². The van der Waals surface area contributed by atoms with Gasteiger partial charge in [-0.05, 0) is 18.8 Å². The van der Waals surface area contributed by atoms with Crippen molar-refractivity contribution in [1.29, 1.82) is 0 Å². The van der Waals surface area contributed by atoms with Gasteiger partial charge in [0, 0.05) is 11.8 Å². The van der Waals surface area contributed by atoms with Gasteiger partial charge in [-0.3, -0.25) is 0 Å². The van der Waals surface area contributed by atoms with E-state index < -0.39 is 0 Å². The second-order valence-electron chi connectivity index (χ2n) is 5.91. The Hall–Kier alpha value is 0.400. The van der Waals surface area contributed by atoms with E-state index in [1.54, 1.807) is 0 Å². The summed E-state index contributed by atoms with van der Waals surface area (Å²) in [6.07, 6.45) is 3.45. The fourth-order valence-corrected chi connectivity index (χ4v) is 3.10. The monoisotopic (exact) mass is 276 g/mol. The van der Waals surface area contributed by atoms with E-state index in [0.717, 1.165) is 26.1 Å². The maximum atomic E-state index is 6.04. The molecule has 0 unspecified atom stereocenters. The predicted molar refractivity (Wildman–Crippen MR) is 64.1 cm³/mol. The Bertz CT molecular complexity index is 230. The predicted octanol–water partition coefficient (Wildman–Crippen LogP) is 3.34. The van der Waals surface area contributed by atoms with Crippen molar-refractivity contribution >= 4 is 15.9 Å². The summed E-state index contributed by atoms with van der Waals surface area (Å²) in [6.45, 7) is 8.28. The maximum Gasteiger partial charge on any atom is 0.181 e. The molecular weight excluding hydrogens is 256 g/mol. The minimum Gasteiger partial charge on any atom is -0.348 e. The molecule has 0 aromatic heterocycles. The fourth-order valence-electron chi connectivity index (χ4n) is 2.38. The van der Waals surface area contributed by atoms with Crippen LogP contribution in [0.2, 0.25) is 0 Å². The zero-order valence-electron chi connectivity index (χ0n) is 9.88. The van der Waals surface area contributed by atoms with Crippen LogP contribution in [0.4, 0.5) is 0 Å². The Kier molecular flexibility index (Phi) is 3.17. The highest BCUT2D eigenvalue weighted by Gasteiger charge is 2.48. The van der Waals surface area contributed by atoms with Crippen molar-refractivity contribution in [3.63, 3.8) is 0 Å². The molecule has 88 valence electrons. The van der Waals surface area contributed by atoms with E-state index in [-0.39, 0.29) is 11.2 Å². The van der Waals surface area contributed by atoms with Gasteiger partial charge in [0.1, 0.15) is 0 Å². The molecule has 2 atom stereocenters. The van der Waals surface area contributed by atoms with E-state index in [2.05, 4.69) is 36.7 Å². The van der Waals surface area contributed by atoms with Crippen molar-refractivity contribution < 1.29 is 9.47 Å². The summed E-state index contributed by atoms with van der Waals surface area (Å²) >= 11 is 3.72. The summed E-state index contributed by atoms with van der Waals surface area (Å²) in [5, 5.41) is 0. The molecule has 2 fully saturated rings. The molecule has 1 saturated heterocycles. The van der Waals surface area contributed by atoms with Crippen LogP contribution in [0.25, 0.3) is 0 Å². The lowest BCUT2D eigenvalue weighted by molar-refractivity contribution is -0.310. The minimum absolute atomic E-state index is 0.165. The summed E-state index contributed by atoms with van der Waals surface area (Å²) in [4.78, 5) is 0.359. The lowest BCUT2D eigenvalue weighted by Crippen LogP contribution is -2.55. The van der Waals surface area contributed by atoms with E-state index in [0.29, 0.717) is 10.7 Å². The maximum absolute atomic E-state index is 6.04. The Balaban J connectivity index is 2.06. The molecule has 2 nitrogen and oxygen atoms in total. The van der Waals surface area contributed by atoms with Crippen LogP contribution in [-0.2, 0) is 9.47 Å². The third kappa shape index (κ3) is 2.40. The molecule has 0 bridgehead atoms. The van der Waals surface area contributed by atoms with Crippen LogP contribution in [0.3, 0.4) is 0 Å². The third-order valence-corrected chi connectivity index (χ3v) is 4.59. The highest BCUT2D eigenvalue weighted by molar-refractivity contribution is 9.09. The van der Waals surface area contributed by atoms with Crippen LogP contribution in [0.15, 0.2) is 0 Å². The van der Waals surface area contributed by atoms with Gasteiger partial charge in [0.05, 0.1) is 18.0 Å². The fraction of sp³-hybridized carbons (Fsp3) is 1.00. The molecule has 0 radical (unpaired) electrons. The largest absolute Gasteiger partial charge is 0.348 e. The van der Waals surface area contributed by atoms with Crippen LogP contribution in [-0.4, -0.2) is 23.8 Å². The Morgan fingerprint density at radius 3 is 2.33 bits per heavy atom. The number of hydrogen-bond donors (Lipinski definition) is 0. The first-order chi connectivity index (χ1) is 6.94. The first kappa shape index (κ1) is 11.9. The molecular formula is C12H21BrO2. The lowest BCUT2D eigenvalue weighted by atomic mass is 9.84. The van der Waals surface area contributed by atoms with E-state index in [9.17, 15) is 0 Å². The Morgan fingerprint density at radius 1 is 1.13 bits per heavy atom. The van der Waals surface area contributed by atoms with Gasteiger partial charge in [0.15, 0.2) is 5.79 Å². The summed E-state index contributed by atoms with van der Waals surface area (Å²) in [7, 11) is 0. The summed E-state index contributed by atoms with van der Waals surface area (Å²) in [5.41, 5.74) is 0.165. The second-order valence-corrected chi connectivity index (χ2v) is 7.01. The van der Waals surface area contributed by atoms with Crippen molar-refractivity contribution in [3.8, 4) is 0 Å². The smallest absolute Gasteiger partial charge is 0.181 e. The molecule has 1 spiro atoms. The summed E-state index contributed by atoms with van der Waals surface area (Å²) in [6, 6.07) is 0. The van der Waals surface area contributed by atoms with Crippen LogP contribution in [0.5, 0.6) is 0 Å². The van der Waals surface area contributed by atoms with E-state index in [1.807, 2.05) is 0 Å². The van der Waals surface area contributed by atoms with Gasteiger partial charge in [0.25, 0.3) is 0 Å². The first-order valence-corrected chi connectivity index (χ1v) is 6.77. The molecule has 1 aliphatic carbocycles. The summed E-state index contributed by atoms with van der Waals surface area (Å²) < 4.78 is 12.1. The van der Waals surface area contributed by atoms with Gasteiger partial charge in [-0.1, -0.05) is 36.7 Å². The van der Waals surface area contributed by atoms with Gasteiger partial charge < -0.3 is 9.47 Å². The van der Waals surface area contributed by atoms with E-state index in [1.165, 1.54) is 6.42 Å². The molecule has 2 aliphatic rings. The molecule has 15 heavy (non-hydrogen) atoms. The van der Waals surface area contributed by atoms with E-state index in [4.69, 9.17) is 9.47 Å². The van der Waals surface area contributed by atoms with Crippen molar-refractivity contribution in [2.24, 2.45) is 11.3 Å². The first-order valence-electron chi connectivity index (χ1n) is 5.86. The lowest BCUT2D eigenvalue weighted by Gasteiger charge is -2.49. The number of alkyl halides is 1. The molecule has 3 heteroatoms. The van der Waals surface area contributed by atoms with Crippen LogP contribution >= 0.6 is 15.9 Å². The minimum atomic E-state index is -0.340. The number of hydrogen-bond acceptors (Lipinski definition) is 2. The average molecular weight is 277 g/mol. The summed E-state index contributed by atoms with van der Waals surface area (Å²) in [5.74, 6) is 0.368.